The SMILES string of the molecule is COc1ccc(CC(C)(NCCN=[N+]=[N-])C(N)=O)cc1. The van der Waals surface area contributed by atoms with Crippen LogP contribution in [0.3, 0.4) is 0 Å². The number of azide groups is 1. The lowest BCUT2D eigenvalue weighted by molar-refractivity contribution is -0.123. The molecule has 1 amide bonds. The van der Waals surface area contributed by atoms with Crippen LogP contribution in [-0.2, 0) is 11.2 Å². The van der Waals surface area contributed by atoms with Gasteiger partial charge in [-0.05, 0) is 36.6 Å². The minimum atomic E-state index is -0.889. The Morgan fingerprint density at radius 1 is 1.50 bits per heavy atom. The average molecular weight is 277 g/mol. The van der Waals surface area contributed by atoms with Crippen LogP contribution in [0.4, 0.5) is 0 Å². The van der Waals surface area contributed by atoms with E-state index in [9.17, 15) is 4.79 Å². The van der Waals surface area contributed by atoms with Crippen molar-refractivity contribution < 1.29 is 9.53 Å². The first kappa shape index (κ1) is 15.8. The molecule has 0 spiro atoms. The van der Waals surface area contributed by atoms with Crippen LogP contribution in [-0.4, -0.2) is 31.6 Å². The van der Waals surface area contributed by atoms with Crippen LogP contribution in [0.1, 0.15) is 12.5 Å². The van der Waals surface area contributed by atoms with E-state index >= 15 is 0 Å². The number of primary amides is 1. The molecule has 20 heavy (non-hydrogen) atoms. The standard InChI is InChI=1S/C13H19N5O2/c1-13(12(14)19,16-7-8-17-18-15)9-10-3-5-11(20-2)6-4-10/h3-6,16H,7-9H2,1-2H3,(H2,14,19). The normalized spacial score (nSPS) is 13.1. The second-order valence-corrected chi connectivity index (χ2v) is 4.60. The zero-order valence-corrected chi connectivity index (χ0v) is 11.7. The number of rotatable bonds is 8. The Labute approximate surface area is 117 Å². The van der Waals surface area contributed by atoms with Crippen molar-refractivity contribution in [1.82, 2.24) is 5.32 Å². The molecule has 0 aliphatic heterocycles. The Hall–Kier alpha value is -2.24. The minimum absolute atomic E-state index is 0.266. The Morgan fingerprint density at radius 3 is 2.65 bits per heavy atom. The zero-order valence-electron chi connectivity index (χ0n) is 11.7. The number of carbonyl (C=O) groups is 1. The van der Waals surface area contributed by atoms with Crippen LogP contribution in [0.15, 0.2) is 29.4 Å². The van der Waals surface area contributed by atoms with Crippen molar-refractivity contribution in [3.63, 3.8) is 0 Å². The molecule has 0 radical (unpaired) electrons. The fourth-order valence-corrected chi connectivity index (χ4v) is 1.81. The van der Waals surface area contributed by atoms with Gasteiger partial charge in [-0.25, -0.2) is 0 Å². The maximum atomic E-state index is 11.6. The topological polar surface area (TPSA) is 113 Å². The molecule has 7 heteroatoms. The maximum Gasteiger partial charge on any atom is 0.237 e. The Bertz CT molecular complexity index is 496. The molecule has 1 unspecified atom stereocenters. The van der Waals surface area contributed by atoms with E-state index < -0.39 is 11.4 Å². The van der Waals surface area contributed by atoms with Crippen LogP contribution in [0.5, 0.6) is 5.75 Å². The molecule has 1 rings (SSSR count). The zero-order chi connectivity index (χ0) is 15.0. The summed E-state index contributed by atoms with van der Waals surface area (Å²) in [6.45, 7) is 2.39. The number of nitrogens with one attached hydrogen (secondary N) is 1. The molecule has 0 saturated carbocycles. The summed E-state index contributed by atoms with van der Waals surface area (Å²) < 4.78 is 5.08. The Balaban J connectivity index is 2.73. The maximum absolute atomic E-state index is 11.6. The third kappa shape index (κ3) is 4.46. The van der Waals surface area contributed by atoms with Crippen molar-refractivity contribution in [3.05, 3.63) is 40.3 Å². The van der Waals surface area contributed by atoms with E-state index in [0.717, 1.165) is 11.3 Å². The molecular formula is C13H19N5O2. The highest BCUT2D eigenvalue weighted by atomic mass is 16.5. The summed E-state index contributed by atoms with van der Waals surface area (Å²) in [5.74, 6) is 0.306. The van der Waals surface area contributed by atoms with E-state index in [1.54, 1.807) is 14.0 Å². The molecule has 0 heterocycles. The summed E-state index contributed by atoms with van der Waals surface area (Å²) in [6, 6.07) is 7.43. The van der Waals surface area contributed by atoms with Gasteiger partial charge in [-0.3, -0.25) is 4.79 Å². The van der Waals surface area contributed by atoms with Gasteiger partial charge in [0.15, 0.2) is 0 Å². The van der Waals surface area contributed by atoms with E-state index in [1.807, 2.05) is 24.3 Å². The fourth-order valence-electron chi connectivity index (χ4n) is 1.81. The Kier molecular flexibility index (Phi) is 5.83. The molecule has 0 saturated heterocycles. The quantitative estimate of drug-likeness (QED) is 0.324. The molecule has 1 aromatic carbocycles. The van der Waals surface area contributed by atoms with Gasteiger partial charge in [-0.15, -0.1) is 0 Å². The van der Waals surface area contributed by atoms with Gasteiger partial charge in [0, 0.05) is 18.0 Å². The third-order valence-corrected chi connectivity index (χ3v) is 3.05. The number of nitrogens with zero attached hydrogens (tertiary/aromatic N) is 3. The van der Waals surface area contributed by atoms with Crippen LogP contribution < -0.4 is 15.8 Å². The number of hydrogen-bond donors (Lipinski definition) is 2. The molecule has 0 fully saturated rings. The van der Waals surface area contributed by atoms with Gasteiger partial charge in [0.05, 0.1) is 12.6 Å². The molecule has 108 valence electrons. The molecule has 1 atom stereocenters. The van der Waals surface area contributed by atoms with Crippen molar-refractivity contribution in [2.75, 3.05) is 20.2 Å². The summed E-state index contributed by atoms with van der Waals surface area (Å²) in [4.78, 5) is 14.3. The first-order valence-corrected chi connectivity index (χ1v) is 6.20. The van der Waals surface area contributed by atoms with Crippen LogP contribution >= 0.6 is 0 Å². The lowest BCUT2D eigenvalue weighted by Crippen LogP contribution is -2.55. The number of methoxy groups -OCH3 is 1. The lowest BCUT2D eigenvalue weighted by Gasteiger charge is -2.27. The monoisotopic (exact) mass is 277 g/mol. The van der Waals surface area contributed by atoms with E-state index in [2.05, 4.69) is 15.3 Å². The largest absolute Gasteiger partial charge is 0.497 e. The summed E-state index contributed by atoms with van der Waals surface area (Å²) in [5.41, 5.74) is 13.7. The van der Waals surface area contributed by atoms with Crippen LogP contribution in [0.2, 0.25) is 0 Å². The molecular weight excluding hydrogens is 258 g/mol. The summed E-state index contributed by atoms with van der Waals surface area (Å²) >= 11 is 0. The molecule has 1 aromatic rings. The van der Waals surface area contributed by atoms with Gasteiger partial charge < -0.3 is 15.8 Å². The second kappa shape index (κ2) is 7.37. The Morgan fingerprint density at radius 2 is 2.15 bits per heavy atom. The van der Waals surface area contributed by atoms with Crippen LogP contribution in [0, 0.1) is 0 Å². The van der Waals surface area contributed by atoms with Crippen molar-refractivity contribution in [3.8, 4) is 5.75 Å². The first-order valence-electron chi connectivity index (χ1n) is 6.20. The second-order valence-electron chi connectivity index (χ2n) is 4.60. The highest BCUT2D eigenvalue weighted by molar-refractivity contribution is 5.84. The number of ether oxygens (including phenoxy) is 1. The smallest absolute Gasteiger partial charge is 0.237 e. The molecule has 7 nitrogen and oxygen atoms in total. The third-order valence-electron chi connectivity index (χ3n) is 3.05. The minimum Gasteiger partial charge on any atom is -0.497 e. The number of hydrogen-bond acceptors (Lipinski definition) is 4. The first-order chi connectivity index (χ1) is 9.51. The highest BCUT2D eigenvalue weighted by Gasteiger charge is 2.30. The molecule has 0 aliphatic rings. The van der Waals surface area contributed by atoms with Gasteiger partial charge in [-0.1, -0.05) is 17.2 Å². The number of amides is 1. The van der Waals surface area contributed by atoms with Crippen molar-refractivity contribution >= 4 is 5.91 Å². The van der Waals surface area contributed by atoms with Gasteiger partial charge >= 0.3 is 0 Å². The summed E-state index contributed by atoms with van der Waals surface area (Å²) in [6.07, 6.45) is 0.447. The van der Waals surface area contributed by atoms with Gasteiger partial charge in [-0.2, -0.15) is 0 Å². The van der Waals surface area contributed by atoms with E-state index in [4.69, 9.17) is 16.0 Å². The van der Waals surface area contributed by atoms with Crippen LogP contribution in [0.25, 0.3) is 10.4 Å². The van der Waals surface area contributed by atoms with E-state index in [0.29, 0.717) is 13.0 Å². The van der Waals surface area contributed by atoms with Crippen molar-refractivity contribution in [2.24, 2.45) is 10.8 Å². The predicted molar refractivity (Wildman–Crippen MR) is 76.3 cm³/mol. The van der Waals surface area contributed by atoms with Crippen molar-refractivity contribution in [2.45, 2.75) is 18.9 Å². The average Bonchev–Trinajstić information content (AvgIpc) is 2.44. The number of nitrogens with two attached hydrogens (primary N) is 1. The molecule has 0 bridgehead atoms. The van der Waals surface area contributed by atoms with Gasteiger partial charge in [0.2, 0.25) is 5.91 Å². The number of carbonyl (C=O) groups excluding carboxylic acids is 1. The number of benzene rings is 1. The summed E-state index contributed by atoms with van der Waals surface area (Å²) in [5, 5.41) is 6.45. The van der Waals surface area contributed by atoms with E-state index in [1.165, 1.54) is 0 Å². The predicted octanol–water partition coefficient (Wildman–Crippen LogP) is 1.38. The summed E-state index contributed by atoms with van der Waals surface area (Å²) in [7, 11) is 1.60. The molecule has 0 aromatic heterocycles. The lowest BCUT2D eigenvalue weighted by atomic mass is 9.92. The fraction of sp³-hybridized carbons (Fsp3) is 0.462. The van der Waals surface area contributed by atoms with Crippen molar-refractivity contribution in [1.29, 1.82) is 0 Å². The molecule has 3 N–H and O–H groups in total. The van der Waals surface area contributed by atoms with Gasteiger partial charge in [0.1, 0.15) is 5.75 Å². The highest BCUT2D eigenvalue weighted by Crippen LogP contribution is 2.17. The van der Waals surface area contributed by atoms with Gasteiger partial charge in [0.25, 0.3) is 0 Å². The molecule has 0 aliphatic carbocycles. The van der Waals surface area contributed by atoms with E-state index in [-0.39, 0.29) is 6.54 Å².